The van der Waals surface area contributed by atoms with E-state index in [9.17, 15) is 16.8 Å². The molecule has 0 saturated carbocycles. The van der Waals surface area contributed by atoms with Crippen LogP contribution < -0.4 is 4.72 Å². The molecule has 0 spiro atoms. The fraction of sp³-hybridized carbons (Fsp3) is 0.143. The van der Waals surface area contributed by atoms with Gasteiger partial charge in [-0.05, 0) is 36.4 Å². The Bertz CT molecular complexity index is 843. The standard InChI is InChI=1S/C14H16N2O4S2/c1-16(2)22(19,20)14-10-8-12(9-11-14)15-21(17,18)13-6-4-3-5-7-13/h3-11,15H,1-2H3. The molecule has 0 bridgehead atoms. The predicted octanol–water partition coefficient (Wildman–Crippen LogP) is 1.74. The average molecular weight is 340 g/mol. The molecule has 0 amide bonds. The van der Waals surface area contributed by atoms with Gasteiger partial charge in [0.15, 0.2) is 0 Å². The van der Waals surface area contributed by atoms with Crippen LogP contribution in [0.15, 0.2) is 64.4 Å². The van der Waals surface area contributed by atoms with Crippen molar-refractivity contribution in [3.8, 4) is 0 Å². The highest BCUT2D eigenvalue weighted by atomic mass is 32.2. The van der Waals surface area contributed by atoms with E-state index in [1.165, 1.54) is 50.5 Å². The maximum absolute atomic E-state index is 12.2. The van der Waals surface area contributed by atoms with Crippen LogP contribution in [0.3, 0.4) is 0 Å². The predicted molar refractivity (Wildman–Crippen MR) is 84.6 cm³/mol. The molecule has 6 nitrogen and oxygen atoms in total. The van der Waals surface area contributed by atoms with Gasteiger partial charge < -0.3 is 0 Å². The van der Waals surface area contributed by atoms with Gasteiger partial charge in [-0.1, -0.05) is 18.2 Å². The lowest BCUT2D eigenvalue weighted by Gasteiger charge is -2.12. The molecular formula is C14H16N2O4S2. The summed E-state index contributed by atoms with van der Waals surface area (Å²) in [5.74, 6) is 0. The number of anilines is 1. The molecule has 0 saturated heterocycles. The van der Waals surface area contributed by atoms with E-state index in [0.29, 0.717) is 5.69 Å². The fourth-order valence-electron chi connectivity index (χ4n) is 1.72. The molecule has 1 N–H and O–H groups in total. The highest BCUT2D eigenvalue weighted by Gasteiger charge is 2.18. The Hall–Kier alpha value is -1.90. The van der Waals surface area contributed by atoms with E-state index >= 15 is 0 Å². The molecular weight excluding hydrogens is 324 g/mol. The number of nitrogens with zero attached hydrogens (tertiary/aromatic N) is 1. The third-order valence-corrected chi connectivity index (χ3v) is 6.17. The molecule has 2 rings (SSSR count). The molecule has 8 heteroatoms. The number of rotatable bonds is 5. The summed E-state index contributed by atoms with van der Waals surface area (Å²) in [7, 11) is -4.36. The Morgan fingerprint density at radius 1 is 0.773 bits per heavy atom. The molecule has 2 aromatic rings. The number of hydrogen-bond acceptors (Lipinski definition) is 4. The zero-order chi connectivity index (χ0) is 16.4. The topological polar surface area (TPSA) is 83.6 Å². The molecule has 0 unspecified atom stereocenters. The van der Waals surface area contributed by atoms with Crippen LogP contribution in [0, 0.1) is 0 Å². The van der Waals surface area contributed by atoms with E-state index in [4.69, 9.17) is 0 Å². The van der Waals surface area contributed by atoms with E-state index in [1.807, 2.05) is 0 Å². The largest absolute Gasteiger partial charge is 0.280 e. The van der Waals surface area contributed by atoms with Crippen molar-refractivity contribution in [1.82, 2.24) is 4.31 Å². The lowest BCUT2D eigenvalue weighted by Crippen LogP contribution is -2.22. The first-order valence-corrected chi connectivity index (χ1v) is 9.26. The maximum Gasteiger partial charge on any atom is 0.261 e. The van der Waals surface area contributed by atoms with E-state index < -0.39 is 20.0 Å². The summed E-state index contributed by atoms with van der Waals surface area (Å²) in [6.45, 7) is 0. The Balaban J connectivity index is 2.26. The normalized spacial score (nSPS) is 12.3. The minimum atomic E-state index is -3.69. The second-order valence-corrected chi connectivity index (χ2v) is 8.56. The van der Waals surface area contributed by atoms with Crippen LogP contribution >= 0.6 is 0 Å². The lowest BCUT2D eigenvalue weighted by molar-refractivity contribution is 0.521. The highest BCUT2D eigenvalue weighted by molar-refractivity contribution is 7.92. The molecule has 0 radical (unpaired) electrons. The third-order valence-electron chi connectivity index (χ3n) is 2.94. The average Bonchev–Trinajstić information content (AvgIpc) is 2.48. The van der Waals surface area contributed by atoms with Gasteiger partial charge in [0.25, 0.3) is 10.0 Å². The van der Waals surface area contributed by atoms with Gasteiger partial charge in [-0.3, -0.25) is 4.72 Å². The van der Waals surface area contributed by atoms with Crippen molar-refractivity contribution in [1.29, 1.82) is 0 Å². The Morgan fingerprint density at radius 2 is 1.32 bits per heavy atom. The molecule has 2 aromatic carbocycles. The Morgan fingerprint density at radius 3 is 1.82 bits per heavy atom. The summed E-state index contributed by atoms with van der Waals surface area (Å²) in [4.78, 5) is 0.236. The van der Waals surface area contributed by atoms with Crippen LogP contribution in [-0.2, 0) is 20.0 Å². The second-order valence-electron chi connectivity index (χ2n) is 4.73. The number of sulfonamides is 2. The van der Waals surface area contributed by atoms with Crippen molar-refractivity contribution in [2.75, 3.05) is 18.8 Å². The summed E-state index contributed by atoms with van der Waals surface area (Å²) in [6.07, 6.45) is 0. The first-order chi connectivity index (χ1) is 10.2. The minimum Gasteiger partial charge on any atom is -0.280 e. The number of nitrogens with one attached hydrogen (secondary N) is 1. The highest BCUT2D eigenvalue weighted by Crippen LogP contribution is 2.19. The van der Waals surface area contributed by atoms with Gasteiger partial charge in [0.05, 0.1) is 9.79 Å². The third kappa shape index (κ3) is 3.46. The minimum absolute atomic E-state index is 0.0974. The number of benzene rings is 2. The van der Waals surface area contributed by atoms with E-state index in [0.717, 1.165) is 4.31 Å². The van der Waals surface area contributed by atoms with Gasteiger partial charge >= 0.3 is 0 Å². The van der Waals surface area contributed by atoms with Crippen LogP contribution in [0.25, 0.3) is 0 Å². The van der Waals surface area contributed by atoms with Crippen LogP contribution in [0.1, 0.15) is 0 Å². The molecule has 0 aliphatic rings. The van der Waals surface area contributed by atoms with Gasteiger partial charge in [0.1, 0.15) is 0 Å². The lowest BCUT2D eigenvalue weighted by atomic mass is 10.3. The molecule has 0 aliphatic carbocycles. The van der Waals surface area contributed by atoms with Gasteiger partial charge in [0, 0.05) is 19.8 Å². The molecule has 118 valence electrons. The summed E-state index contributed by atoms with van der Waals surface area (Å²) >= 11 is 0. The summed E-state index contributed by atoms with van der Waals surface area (Å²) < 4.78 is 51.7. The van der Waals surface area contributed by atoms with Crippen molar-refractivity contribution in [3.63, 3.8) is 0 Å². The van der Waals surface area contributed by atoms with Crippen LogP contribution in [0.5, 0.6) is 0 Å². The van der Waals surface area contributed by atoms with Crippen molar-refractivity contribution in [2.45, 2.75) is 9.79 Å². The van der Waals surface area contributed by atoms with Crippen molar-refractivity contribution >= 4 is 25.7 Å². The van der Waals surface area contributed by atoms with Crippen LogP contribution in [0.4, 0.5) is 5.69 Å². The Labute approximate surface area is 130 Å². The smallest absolute Gasteiger partial charge is 0.261 e. The second kappa shape index (κ2) is 6.07. The van der Waals surface area contributed by atoms with Crippen molar-refractivity contribution in [2.24, 2.45) is 0 Å². The van der Waals surface area contributed by atoms with Crippen molar-refractivity contribution < 1.29 is 16.8 Å². The molecule has 0 aliphatic heterocycles. The fourth-order valence-corrected chi connectivity index (χ4v) is 3.70. The van der Waals surface area contributed by atoms with E-state index in [2.05, 4.69) is 4.72 Å². The monoisotopic (exact) mass is 340 g/mol. The molecule has 0 heterocycles. The summed E-state index contributed by atoms with van der Waals surface area (Å²) in [5, 5.41) is 0. The zero-order valence-electron chi connectivity index (χ0n) is 12.1. The van der Waals surface area contributed by atoms with Crippen LogP contribution in [0.2, 0.25) is 0 Å². The molecule has 0 aromatic heterocycles. The Kier molecular flexibility index (Phi) is 4.55. The first-order valence-electron chi connectivity index (χ1n) is 6.34. The number of hydrogen-bond donors (Lipinski definition) is 1. The van der Waals surface area contributed by atoms with Crippen LogP contribution in [-0.4, -0.2) is 35.2 Å². The SMILES string of the molecule is CN(C)S(=O)(=O)c1ccc(NS(=O)(=O)c2ccccc2)cc1. The quantitative estimate of drug-likeness (QED) is 0.898. The van der Waals surface area contributed by atoms with E-state index in [-0.39, 0.29) is 9.79 Å². The summed E-state index contributed by atoms with van der Waals surface area (Å²) in [6, 6.07) is 13.5. The van der Waals surface area contributed by atoms with Gasteiger partial charge in [-0.25, -0.2) is 21.1 Å². The van der Waals surface area contributed by atoms with E-state index in [1.54, 1.807) is 18.2 Å². The maximum atomic E-state index is 12.2. The first kappa shape index (κ1) is 16.5. The van der Waals surface area contributed by atoms with Gasteiger partial charge in [0.2, 0.25) is 10.0 Å². The summed E-state index contributed by atoms with van der Waals surface area (Å²) in [5.41, 5.74) is 0.293. The zero-order valence-corrected chi connectivity index (χ0v) is 13.7. The van der Waals surface area contributed by atoms with Crippen molar-refractivity contribution in [3.05, 3.63) is 54.6 Å². The molecule has 22 heavy (non-hydrogen) atoms. The van der Waals surface area contributed by atoms with Gasteiger partial charge in [-0.15, -0.1) is 0 Å². The molecule has 0 fully saturated rings. The van der Waals surface area contributed by atoms with Gasteiger partial charge in [-0.2, -0.15) is 0 Å². The molecule has 0 atom stereocenters.